The van der Waals surface area contributed by atoms with Crippen LogP contribution in [0.1, 0.15) is 35.1 Å². The number of likely N-dealkylation sites (tertiary alicyclic amines) is 1. The van der Waals surface area contributed by atoms with E-state index in [1.54, 1.807) is 4.90 Å². The largest absolute Gasteiger partial charge is 0.396 e. The lowest BCUT2D eigenvalue weighted by Crippen LogP contribution is -2.51. The fourth-order valence-corrected chi connectivity index (χ4v) is 2.85. The summed E-state index contributed by atoms with van der Waals surface area (Å²) in [6, 6.07) is 5.87. The highest BCUT2D eigenvalue weighted by Gasteiger charge is 2.35. The molecule has 2 aliphatic rings. The molecule has 0 radical (unpaired) electrons. The third kappa shape index (κ3) is 1.73. The first-order valence-corrected chi connectivity index (χ1v) is 7.15. The number of aliphatic hydroxyl groups is 1. The Hall–Kier alpha value is -1.88. The van der Waals surface area contributed by atoms with Crippen molar-refractivity contribution in [2.45, 2.75) is 18.8 Å². The van der Waals surface area contributed by atoms with Crippen molar-refractivity contribution in [1.29, 1.82) is 0 Å². The Bertz CT molecular complexity index is 669. The number of hydrogen-bond donors (Lipinski definition) is 1. The molecule has 0 spiro atoms. The van der Waals surface area contributed by atoms with Gasteiger partial charge in [0.05, 0.1) is 5.52 Å². The van der Waals surface area contributed by atoms with E-state index in [1.807, 2.05) is 28.8 Å². The van der Waals surface area contributed by atoms with Crippen LogP contribution in [0.2, 0.25) is 0 Å². The first kappa shape index (κ1) is 11.9. The Balaban J connectivity index is 1.71. The van der Waals surface area contributed by atoms with Crippen molar-refractivity contribution in [3.05, 3.63) is 35.9 Å². The van der Waals surface area contributed by atoms with Gasteiger partial charge in [0.2, 0.25) is 0 Å². The molecule has 3 heterocycles. The molecule has 4 rings (SSSR count). The summed E-state index contributed by atoms with van der Waals surface area (Å²) >= 11 is 0. The van der Waals surface area contributed by atoms with Crippen LogP contribution in [0.5, 0.6) is 0 Å². The van der Waals surface area contributed by atoms with Gasteiger partial charge in [-0.1, -0.05) is 6.07 Å². The molecule has 0 aromatic carbocycles. The highest BCUT2D eigenvalue weighted by molar-refractivity contribution is 5.99. The minimum Gasteiger partial charge on any atom is -0.396 e. The maximum atomic E-state index is 12.5. The first-order chi connectivity index (χ1) is 9.78. The molecule has 0 unspecified atom stereocenters. The molecule has 1 amide bonds. The molecule has 104 valence electrons. The van der Waals surface area contributed by atoms with E-state index in [0.29, 0.717) is 24.7 Å². The molecule has 0 bridgehead atoms. The Kier molecular flexibility index (Phi) is 2.57. The van der Waals surface area contributed by atoms with Gasteiger partial charge in [-0.25, -0.2) is 4.98 Å². The van der Waals surface area contributed by atoms with Crippen molar-refractivity contribution in [1.82, 2.24) is 14.3 Å². The molecule has 1 N–H and O–H groups in total. The van der Waals surface area contributed by atoms with Gasteiger partial charge >= 0.3 is 0 Å². The second-order valence-corrected chi connectivity index (χ2v) is 5.81. The Morgan fingerprint density at radius 2 is 2.15 bits per heavy atom. The first-order valence-electron chi connectivity index (χ1n) is 7.15. The van der Waals surface area contributed by atoms with Crippen LogP contribution < -0.4 is 0 Å². The lowest BCUT2D eigenvalue weighted by molar-refractivity contribution is 0.0359. The maximum Gasteiger partial charge on any atom is 0.274 e. The normalized spacial score (nSPS) is 19.4. The number of aliphatic hydroxyl groups excluding tert-OH is 1. The van der Waals surface area contributed by atoms with Gasteiger partial charge in [0.15, 0.2) is 5.69 Å². The number of imidazole rings is 1. The molecule has 0 atom stereocenters. The third-order valence-electron chi connectivity index (χ3n) is 4.22. The SMILES string of the molecule is O=C(c1nc(C2CC2)n2ccccc12)N1CC(CO)C1. The van der Waals surface area contributed by atoms with Gasteiger partial charge in [-0.3, -0.25) is 4.79 Å². The van der Waals surface area contributed by atoms with E-state index in [1.165, 1.54) is 0 Å². The van der Waals surface area contributed by atoms with Crippen molar-refractivity contribution >= 4 is 11.4 Å². The number of nitrogens with zero attached hydrogens (tertiary/aromatic N) is 3. The smallest absolute Gasteiger partial charge is 0.274 e. The summed E-state index contributed by atoms with van der Waals surface area (Å²) in [4.78, 5) is 18.9. The van der Waals surface area contributed by atoms with E-state index in [2.05, 4.69) is 4.98 Å². The second kappa shape index (κ2) is 4.31. The van der Waals surface area contributed by atoms with E-state index >= 15 is 0 Å². The van der Waals surface area contributed by atoms with Crippen molar-refractivity contribution in [2.24, 2.45) is 5.92 Å². The van der Waals surface area contributed by atoms with Crippen molar-refractivity contribution in [3.8, 4) is 0 Å². The van der Waals surface area contributed by atoms with Gasteiger partial charge < -0.3 is 14.4 Å². The van der Waals surface area contributed by atoms with Crippen LogP contribution >= 0.6 is 0 Å². The summed E-state index contributed by atoms with van der Waals surface area (Å²) in [5, 5.41) is 9.06. The molecule has 1 saturated carbocycles. The molecule has 1 aliphatic heterocycles. The summed E-state index contributed by atoms with van der Waals surface area (Å²) in [6.45, 7) is 1.43. The summed E-state index contributed by atoms with van der Waals surface area (Å²) in [7, 11) is 0. The van der Waals surface area contributed by atoms with Crippen LogP contribution in [0, 0.1) is 5.92 Å². The average Bonchev–Trinajstić information content (AvgIpc) is 3.18. The number of aromatic nitrogens is 2. The standard InChI is InChI=1S/C15H17N3O2/c19-9-10-7-17(8-10)15(20)13-12-3-1-2-6-18(12)14(16-13)11-4-5-11/h1-3,6,10-11,19H,4-5,7-9H2. The van der Waals surface area contributed by atoms with Crippen LogP contribution in [-0.2, 0) is 0 Å². The zero-order valence-electron chi connectivity index (χ0n) is 11.2. The zero-order valence-corrected chi connectivity index (χ0v) is 11.2. The predicted molar refractivity (Wildman–Crippen MR) is 73.6 cm³/mol. The maximum absolute atomic E-state index is 12.5. The van der Waals surface area contributed by atoms with Crippen LogP contribution in [0.25, 0.3) is 5.52 Å². The van der Waals surface area contributed by atoms with E-state index < -0.39 is 0 Å². The summed E-state index contributed by atoms with van der Waals surface area (Å²) in [6.07, 6.45) is 4.31. The van der Waals surface area contributed by atoms with Gasteiger partial charge in [0.25, 0.3) is 5.91 Å². The number of amides is 1. The van der Waals surface area contributed by atoms with Gasteiger partial charge in [-0.15, -0.1) is 0 Å². The number of hydrogen-bond acceptors (Lipinski definition) is 3. The lowest BCUT2D eigenvalue weighted by atomic mass is 10.0. The van der Waals surface area contributed by atoms with E-state index in [0.717, 1.165) is 24.2 Å². The monoisotopic (exact) mass is 271 g/mol. The molecular formula is C15H17N3O2. The van der Waals surface area contributed by atoms with Crippen LogP contribution in [0.3, 0.4) is 0 Å². The molecule has 5 heteroatoms. The number of carbonyl (C=O) groups is 1. The quantitative estimate of drug-likeness (QED) is 0.914. The summed E-state index contributed by atoms with van der Waals surface area (Å²) in [5.41, 5.74) is 1.45. The fourth-order valence-electron chi connectivity index (χ4n) is 2.85. The van der Waals surface area contributed by atoms with Crippen molar-refractivity contribution in [3.63, 3.8) is 0 Å². The fraction of sp³-hybridized carbons (Fsp3) is 0.467. The Labute approximate surface area is 116 Å². The summed E-state index contributed by atoms with van der Waals surface area (Å²) in [5.74, 6) is 1.75. The molecule has 2 aromatic rings. The predicted octanol–water partition coefficient (Wildman–Crippen LogP) is 1.28. The number of carbonyl (C=O) groups excluding carboxylic acids is 1. The zero-order chi connectivity index (χ0) is 13.7. The third-order valence-corrected chi connectivity index (χ3v) is 4.22. The second-order valence-electron chi connectivity index (χ2n) is 5.81. The van der Waals surface area contributed by atoms with E-state index in [4.69, 9.17) is 5.11 Å². The summed E-state index contributed by atoms with van der Waals surface area (Å²) < 4.78 is 2.05. The lowest BCUT2D eigenvalue weighted by Gasteiger charge is -2.37. The number of fused-ring (bicyclic) bond motifs is 1. The molecule has 2 fully saturated rings. The highest BCUT2D eigenvalue weighted by atomic mass is 16.3. The molecule has 20 heavy (non-hydrogen) atoms. The van der Waals surface area contributed by atoms with Crippen molar-refractivity contribution < 1.29 is 9.90 Å². The van der Waals surface area contributed by atoms with Crippen LogP contribution in [-0.4, -0.2) is 45.0 Å². The Morgan fingerprint density at radius 3 is 2.85 bits per heavy atom. The van der Waals surface area contributed by atoms with Gasteiger partial charge in [-0.2, -0.15) is 0 Å². The number of pyridine rings is 1. The van der Waals surface area contributed by atoms with Crippen LogP contribution in [0.4, 0.5) is 0 Å². The van der Waals surface area contributed by atoms with E-state index in [-0.39, 0.29) is 18.4 Å². The van der Waals surface area contributed by atoms with Crippen molar-refractivity contribution in [2.75, 3.05) is 19.7 Å². The Morgan fingerprint density at radius 1 is 1.35 bits per heavy atom. The highest BCUT2D eigenvalue weighted by Crippen LogP contribution is 2.40. The molecule has 1 saturated heterocycles. The topological polar surface area (TPSA) is 57.8 Å². The van der Waals surface area contributed by atoms with Gasteiger partial charge in [0.1, 0.15) is 5.82 Å². The van der Waals surface area contributed by atoms with Gasteiger partial charge in [0, 0.05) is 37.7 Å². The average molecular weight is 271 g/mol. The molecule has 1 aliphatic carbocycles. The van der Waals surface area contributed by atoms with Gasteiger partial charge in [-0.05, 0) is 25.0 Å². The molecule has 2 aromatic heterocycles. The molecule has 5 nitrogen and oxygen atoms in total. The minimum absolute atomic E-state index is 0.00898. The number of rotatable bonds is 3. The van der Waals surface area contributed by atoms with E-state index in [9.17, 15) is 4.79 Å². The molecular weight excluding hydrogens is 254 g/mol. The minimum atomic E-state index is -0.00898. The van der Waals surface area contributed by atoms with Crippen LogP contribution in [0.15, 0.2) is 24.4 Å².